The number of carbonyl (C=O) groups is 2. The molecule has 1 rings (SSSR count). The molecule has 1 heterocycles. The van der Waals surface area contributed by atoms with E-state index in [1.165, 1.54) is 25.7 Å². The number of carbonyl (C=O) groups excluding carboxylic acids is 2. The summed E-state index contributed by atoms with van der Waals surface area (Å²) < 4.78 is 21.7. The standard InChI is InChI=1S/C28H52O10/c1-3-5-7-9-11-13-14-16-23(30)35-19-21(37-24(31)17-15-12-10-8-6-4-2)20-36-28-27(34)26(33)25(32)22(18-29)38-28/h21-22,25-29,32-34H,3-20H2,1-2H3/t21-,22-,25+,26+,27-,28-/m1/s1. The van der Waals surface area contributed by atoms with E-state index in [9.17, 15) is 30.0 Å². The molecule has 0 unspecified atom stereocenters. The van der Waals surface area contributed by atoms with Gasteiger partial charge < -0.3 is 39.4 Å². The van der Waals surface area contributed by atoms with Gasteiger partial charge in [-0.25, -0.2) is 0 Å². The Bertz CT molecular complexity index is 614. The van der Waals surface area contributed by atoms with Crippen LogP contribution in [0.15, 0.2) is 0 Å². The average molecular weight is 549 g/mol. The second kappa shape index (κ2) is 21.5. The highest BCUT2D eigenvalue weighted by atomic mass is 16.7. The van der Waals surface area contributed by atoms with Crippen molar-refractivity contribution in [2.24, 2.45) is 0 Å². The van der Waals surface area contributed by atoms with Crippen molar-refractivity contribution in [2.45, 2.75) is 147 Å². The van der Waals surface area contributed by atoms with Gasteiger partial charge in [0, 0.05) is 12.8 Å². The summed E-state index contributed by atoms with van der Waals surface area (Å²) in [5, 5.41) is 39.5. The second-order valence-corrected chi connectivity index (χ2v) is 10.2. The van der Waals surface area contributed by atoms with E-state index >= 15 is 0 Å². The van der Waals surface area contributed by atoms with E-state index in [2.05, 4.69) is 13.8 Å². The van der Waals surface area contributed by atoms with Crippen LogP contribution >= 0.6 is 0 Å². The minimum atomic E-state index is -1.58. The molecular weight excluding hydrogens is 496 g/mol. The zero-order valence-electron chi connectivity index (χ0n) is 23.4. The summed E-state index contributed by atoms with van der Waals surface area (Å²) in [6.07, 6.45) is 6.11. The Morgan fingerprint density at radius 1 is 0.711 bits per heavy atom. The Kier molecular flexibility index (Phi) is 19.7. The molecule has 224 valence electrons. The summed E-state index contributed by atoms with van der Waals surface area (Å²) in [5.41, 5.74) is 0. The summed E-state index contributed by atoms with van der Waals surface area (Å²) in [6.45, 7) is 3.25. The van der Waals surface area contributed by atoms with Gasteiger partial charge in [0.1, 0.15) is 31.0 Å². The molecule has 10 heteroatoms. The lowest BCUT2D eigenvalue weighted by molar-refractivity contribution is -0.305. The van der Waals surface area contributed by atoms with Gasteiger partial charge in [-0.05, 0) is 12.8 Å². The molecule has 1 saturated heterocycles. The second-order valence-electron chi connectivity index (χ2n) is 10.2. The predicted molar refractivity (Wildman–Crippen MR) is 141 cm³/mol. The van der Waals surface area contributed by atoms with Gasteiger partial charge in [-0.2, -0.15) is 0 Å². The van der Waals surface area contributed by atoms with Crippen molar-refractivity contribution >= 4 is 11.9 Å². The molecule has 1 aliphatic heterocycles. The van der Waals surface area contributed by atoms with E-state index in [0.29, 0.717) is 6.42 Å². The first-order chi connectivity index (χ1) is 18.3. The van der Waals surface area contributed by atoms with Crippen molar-refractivity contribution < 1.29 is 49.0 Å². The molecule has 0 saturated carbocycles. The van der Waals surface area contributed by atoms with Crippen LogP contribution in [-0.4, -0.2) is 89.0 Å². The molecule has 1 aliphatic rings. The zero-order chi connectivity index (χ0) is 28.2. The van der Waals surface area contributed by atoms with Crippen molar-refractivity contribution in [1.29, 1.82) is 0 Å². The lowest BCUT2D eigenvalue weighted by atomic mass is 9.99. The molecular formula is C28H52O10. The van der Waals surface area contributed by atoms with Crippen LogP contribution in [0.2, 0.25) is 0 Å². The largest absolute Gasteiger partial charge is 0.462 e. The molecule has 38 heavy (non-hydrogen) atoms. The smallest absolute Gasteiger partial charge is 0.306 e. The molecule has 0 bridgehead atoms. The summed E-state index contributed by atoms with van der Waals surface area (Å²) >= 11 is 0. The summed E-state index contributed by atoms with van der Waals surface area (Å²) in [5.74, 6) is -0.825. The van der Waals surface area contributed by atoms with Crippen LogP contribution in [0.3, 0.4) is 0 Å². The Balaban J connectivity index is 2.53. The molecule has 10 nitrogen and oxygen atoms in total. The minimum Gasteiger partial charge on any atom is -0.462 e. The van der Waals surface area contributed by atoms with Crippen LogP contribution in [0.1, 0.15) is 110 Å². The van der Waals surface area contributed by atoms with Crippen LogP contribution < -0.4 is 0 Å². The zero-order valence-corrected chi connectivity index (χ0v) is 23.4. The van der Waals surface area contributed by atoms with E-state index in [-0.39, 0.29) is 32.0 Å². The van der Waals surface area contributed by atoms with Gasteiger partial charge in [0.25, 0.3) is 0 Å². The maximum atomic E-state index is 12.4. The lowest BCUT2D eigenvalue weighted by Crippen LogP contribution is -2.59. The molecule has 0 aromatic heterocycles. The number of aliphatic hydroxyl groups excluding tert-OH is 4. The van der Waals surface area contributed by atoms with Crippen molar-refractivity contribution in [3.63, 3.8) is 0 Å². The van der Waals surface area contributed by atoms with Crippen LogP contribution in [0.5, 0.6) is 0 Å². The molecule has 0 aromatic carbocycles. The molecule has 0 spiro atoms. The number of aliphatic hydroxyl groups is 4. The Morgan fingerprint density at radius 3 is 1.79 bits per heavy atom. The summed E-state index contributed by atoms with van der Waals surface area (Å²) in [6, 6.07) is 0. The van der Waals surface area contributed by atoms with Gasteiger partial charge in [0.05, 0.1) is 13.2 Å². The van der Waals surface area contributed by atoms with Gasteiger partial charge in [-0.1, -0.05) is 84.5 Å². The van der Waals surface area contributed by atoms with Crippen molar-refractivity contribution in [3.8, 4) is 0 Å². The third kappa shape index (κ3) is 14.7. The van der Waals surface area contributed by atoms with E-state index in [1.807, 2.05) is 0 Å². The number of hydrogen-bond donors (Lipinski definition) is 4. The molecule has 1 fully saturated rings. The quantitative estimate of drug-likeness (QED) is 0.117. The molecule has 0 aliphatic carbocycles. The lowest BCUT2D eigenvalue weighted by Gasteiger charge is -2.39. The maximum absolute atomic E-state index is 12.4. The van der Waals surface area contributed by atoms with Gasteiger partial charge in [0.15, 0.2) is 12.4 Å². The fourth-order valence-electron chi connectivity index (χ4n) is 4.30. The molecule has 0 radical (unpaired) electrons. The maximum Gasteiger partial charge on any atom is 0.306 e. The van der Waals surface area contributed by atoms with E-state index < -0.39 is 49.4 Å². The van der Waals surface area contributed by atoms with Crippen molar-refractivity contribution in [1.82, 2.24) is 0 Å². The molecule has 0 aromatic rings. The topological polar surface area (TPSA) is 152 Å². The van der Waals surface area contributed by atoms with Gasteiger partial charge in [0.2, 0.25) is 0 Å². The Morgan fingerprint density at radius 2 is 1.24 bits per heavy atom. The summed E-state index contributed by atoms with van der Waals surface area (Å²) in [4.78, 5) is 24.6. The van der Waals surface area contributed by atoms with Crippen LogP contribution in [0.4, 0.5) is 0 Å². The highest BCUT2D eigenvalue weighted by Crippen LogP contribution is 2.22. The Labute approximate surface area is 228 Å². The summed E-state index contributed by atoms with van der Waals surface area (Å²) in [7, 11) is 0. The first-order valence-corrected chi connectivity index (χ1v) is 14.6. The fraction of sp³-hybridized carbons (Fsp3) is 0.929. The number of esters is 2. The van der Waals surface area contributed by atoms with Gasteiger partial charge in [-0.15, -0.1) is 0 Å². The van der Waals surface area contributed by atoms with Crippen molar-refractivity contribution in [2.75, 3.05) is 19.8 Å². The first kappa shape index (κ1) is 34.7. The van der Waals surface area contributed by atoms with E-state index in [1.54, 1.807) is 0 Å². The number of unbranched alkanes of at least 4 members (excludes halogenated alkanes) is 11. The highest BCUT2D eigenvalue weighted by molar-refractivity contribution is 5.70. The third-order valence-corrected chi connectivity index (χ3v) is 6.74. The van der Waals surface area contributed by atoms with E-state index in [0.717, 1.165) is 51.4 Å². The SMILES string of the molecule is CCCCCCCCCC(=O)OC[C@H](CO[C@@H]1O[C@H](CO)[C@H](O)[C@H](O)[C@H]1O)OC(=O)CCCCCCCC. The average Bonchev–Trinajstić information content (AvgIpc) is 2.91. The van der Waals surface area contributed by atoms with E-state index in [4.69, 9.17) is 18.9 Å². The van der Waals surface area contributed by atoms with Crippen LogP contribution in [0, 0.1) is 0 Å². The normalized spacial score (nSPS) is 24.2. The van der Waals surface area contributed by atoms with Gasteiger partial charge in [-0.3, -0.25) is 9.59 Å². The first-order valence-electron chi connectivity index (χ1n) is 14.6. The number of rotatable bonds is 22. The van der Waals surface area contributed by atoms with Crippen LogP contribution in [0.25, 0.3) is 0 Å². The fourth-order valence-corrected chi connectivity index (χ4v) is 4.30. The predicted octanol–water partition coefficient (Wildman–Crippen LogP) is 3.15. The van der Waals surface area contributed by atoms with Crippen LogP contribution in [-0.2, 0) is 28.5 Å². The number of hydrogen-bond acceptors (Lipinski definition) is 10. The minimum absolute atomic E-state index is 0.213. The Hall–Kier alpha value is -1.30. The van der Waals surface area contributed by atoms with Crippen molar-refractivity contribution in [3.05, 3.63) is 0 Å². The monoisotopic (exact) mass is 548 g/mol. The third-order valence-electron chi connectivity index (χ3n) is 6.74. The number of ether oxygens (including phenoxy) is 4. The molecule has 6 atom stereocenters. The highest BCUT2D eigenvalue weighted by Gasteiger charge is 2.44. The molecule has 0 amide bonds. The van der Waals surface area contributed by atoms with Gasteiger partial charge >= 0.3 is 11.9 Å². The molecule has 4 N–H and O–H groups in total.